The van der Waals surface area contributed by atoms with Crippen molar-refractivity contribution in [3.63, 3.8) is 0 Å². The number of anilines is 1. The number of aromatic nitrogens is 2. The maximum absolute atomic E-state index is 13.7. The first-order chi connectivity index (χ1) is 14.1. The van der Waals surface area contributed by atoms with Crippen molar-refractivity contribution in [2.45, 2.75) is 18.9 Å². The second-order valence-electron chi connectivity index (χ2n) is 6.44. The number of halogens is 2. The summed E-state index contributed by atoms with van der Waals surface area (Å²) in [4.78, 5) is 24.5. The molecule has 1 aromatic heterocycles. The van der Waals surface area contributed by atoms with Crippen LogP contribution in [0.1, 0.15) is 33.7 Å². The Kier molecular flexibility index (Phi) is 7.97. The molecule has 5 N–H and O–H groups in total. The molecule has 0 unspecified atom stereocenters. The second kappa shape index (κ2) is 10.2. The monoisotopic (exact) mass is 445 g/mol. The summed E-state index contributed by atoms with van der Waals surface area (Å²) in [5.74, 6) is -3.40. The molecule has 0 atom stereocenters. The maximum Gasteiger partial charge on any atom is 0.271 e. The predicted octanol–water partition coefficient (Wildman–Crippen LogP) is 0.926. The van der Waals surface area contributed by atoms with Gasteiger partial charge in [-0.1, -0.05) is 6.07 Å². The van der Waals surface area contributed by atoms with E-state index in [-0.39, 0.29) is 17.4 Å². The van der Waals surface area contributed by atoms with Gasteiger partial charge in [-0.2, -0.15) is 13.5 Å². The third kappa shape index (κ3) is 7.17. The molecule has 1 aromatic carbocycles. The van der Waals surface area contributed by atoms with E-state index in [1.807, 2.05) is 0 Å². The first-order valence-corrected chi connectivity index (χ1v) is 10.6. The number of piperidine rings is 1. The van der Waals surface area contributed by atoms with Gasteiger partial charge in [0.15, 0.2) is 0 Å². The van der Waals surface area contributed by atoms with Gasteiger partial charge in [-0.15, -0.1) is 0 Å². The molecule has 1 fully saturated rings. The number of aromatic amines is 1. The number of carbonyl (C=O) groups excluding carboxylic acids is 2. The van der Waals surface area contributed by atoms with Gasteiger partial charge >= 0.3 is 0 Å². The van der Waals surface area contributed by atoms with Crippen molar-refractivity contribution in [1.82, 2.24) is 20.8 Å². The van der Waals surface area contributed by atoms with Crippen LogP contribution >= 0.6 is 0 Å². The quantitative estimate of drug-likeness (QED) is 0.439. The lowest BCUT2D eigenvalue weighted by Gasteiger charge is -2.23. The first kappa shape index (κ1) is 23.4. The minimum atomic E-state index is -3.67. The van der Waals surface area contributed by atoms with Crippen molar-refractivity contribution in [2.24, 2.45) is 0 Å². The third-order valence-corrected chi connectivity index (χ3v) is 3.98. The van der Waals surface area contributed by atoms with E-state index in [0.29, 0.717) is 6.26 Å². The largest absolute Gasteiger partial charge is 0.348 e. The average molecular weight is 445 g/mol. The minimum absolute atomic E-state index is 0.0182. The Morgan fingerprint density at radius 3 is 2.30 bits per heavy atom. The van der Waals surface area contributed by atoms with Crippen LogP contribution in [0.25, 0.3) is 0 Å². The number of nitrogens with zero attached hydrogens (tertiary/aromatic N) is 1. The number of hydrogen-bond acceptors (Lipinski definition) is 6. The molecule has 2 aromatic rings. The molecule has 13 heteroatoms. The molecule has 0 saturated carbocycles. The molecule has 164 valence electrons. The van der Waals surface area contributed by atoms with Crippen LogP contribution in [-0.2, 0) is 10.1 Å². The average Bonchev–Trinajstić information content (AvgIpc) is 3.09. The van der Waals surface area contributed by atoms with Crippen molar-refractivity contribution < 1.29 is 31.3 Å². The molecule has 0 radical (unpaired) electrons. The summed E-state index contributed by atoms with van der Waals surface area (Å²) in [6.45, 7) is 1.62. The predicted molar refractivity (Wildman–Crippen MR) is 104 cm³/mol. The van der Waals surface area contributed by atoms with Crippen LogP contribution in [0.15, 0.2) is 24.4 Å². The van der Waals surface area contributed by atoms with Crippen LogP contribution in [0.4, 0.5) is 14.5 Å². The molecule has 1 aliphatic rings. The molecule has 0 bridgehead atoms. The van der Waals surface area contributed by atoms with Crippen LogP contribution in [0.2, 0.25) is 0 Å². The SMILES string of the molecule is CS(=O)(=O)O.O=C(NC1CCNCC1)c1[nH]ncc1NC(=O)c1c(F)cccc1F. The smallest absolute Gasteiger partial charge is 0.271 e. The van der Waals surface area contributed by atoms with Gasteiger partial charge in [0, 0.05) is 6.04 Å². The van der Waals surface area contributed by atoms with E-state index in [2.05, 4.69) is 26.1 Å². The van der Waals surface area contributed by atoms with Crippen LogP contribution in [0.3, 0.4) is 0 Å². The fourth-order valence-corrected chi connectivity index (χ4v) is 2.68. The number of benzene rings is 1. The summed E-state index contributed by atoms with van der Waals surface area (Å²) in [5.41, 5.74) is -0.629. The molecule has 0 aliphatic carbocycles. The summed E-state index contributed by atoms with van der Waals surface area (Å²) < 4.78 is 53.2. The number of rotatable bonds is 4. The van der Waals surface area contributed by atoms with E-state index in [0.717, 1.165) is 44.1 Å². The van der Waals surface area contributed by atoms with Crippen molar-refractivity contribution in [2.75, 3.05) is 24.7 Å². The molecule has 0 spiro atoms. The lowest BCUT2D eigenvalue weighted by Crippen LogP contribution is -2.43. The Bertz CT molecular complexity index is 977. The fourth-order valence-electron chi connectivity index (χ4n) is 2.68. The normalized spacial score (nSPS) is 14.4. The summed E-state index contributed by atoms with van der Waals surface area (Å²) >= 11 is 0. The van der Waals surface area contributed by atoms with Gasteiger partial charge in [-0.25, -0.2) is 8.78 Å². The highest BCUT2D eigenvalue weighted by molar-refractivity contribution is 7.85. The van der Waals surface area contributed by atoms with E-state index in [4.69, 9.17) is 4.55 Å². The van der Waals surface area contributed by atoms with Crippen LogP contribution in [0, 0.1) is 11.6 Å². The molecule has 3 rings (SSSR count). The van der Waals surface area contributed by atoms with Crippen molar-refractivity contribution >= 4 is 27.6 Å². The second-order valence-corrected chi connectivity index (χ2v) is 7.91. The topological polar surface area (TPSA) is 153 Å². The van der Waals surface area contributed by atoms with Crippen LogP contribution in [0.5, 0.6) is 0 Å². The molecule has 1 saturated heterocycles. The van der Waals surface area contributed by atoms with E-state index in [9.17, 15) is 26.8 Å². The standard InChI is InChI=1S/C16H17F2N5O2.CH4O3S/c17-10-2-1-3-11(18)13(10)15(24)22-12-8-20-23-14(12)16(25)21-9-4-6-19-7-5-9;1-5(2,3)4/h1-3,8-9,19H,4-7H2,(H,20,23)(H,21,25)(H,22,24);1H3,(H,2,3,4). The molecular formula is C17H21F2N5O5S. The number of H-pyrrole nitrogens is 1. The molecular weight excluding hydrogens is 424 g/mol. The van der Waals surface area contributed by atoms with Crippen molar-refractivity contribution in [1.29, 1.82) is 0 Å². The zero-order chi connectivity index (χ0) is 22.3. The van der Waals surface area contributed by atoms with Crippen molar-refractivity contribution in [3.05, 3.63) is 47.3 Å². The Balaban J connectivity index is 0.000000575. The first-order valence-electron chi connectivity index (χ1n) is 8.79. The fraction of sp³-hybridized carbons (Fsp3) is 0.353. The number of nitrogens with one attached hydrogen (secondary N) is 4. The lowest BCUT2D eigenvalue weighted by atomic mass is 10.1. The number of amides is 2. The van der Waals surface area contributed by atoms with E-state index in [1.54, 1.807) is 0 Å². The van der Waals surface area contributed by atoms with Gasteiger partial charge < -0.3 is 16.0 Å². The third-order valence-electron chi connectivity index (χ3n) is 3.98. The summed E-state index contributed by atoms with van der Waals surface area (Å²) in [5, 5.41) is 14.6. The summed E-state index contributed by atoms with van der Waals surface area (Å²) in [6.07, 6.45) is 3.52. The Morgan fingerprint density at radius 2 is 1.73 bits per heavy atom. The van der Waals surface area contributed by atoms with Gasteiger partial charge in [0.05, 0.1) is 18.1 Å². The highest BCUT2D eigenvalue weighted by Gasteiger charge is 2.23. The maximum atomic E-state index is 13.7. The van der Waals surface area contributed by atoms with Crippen LogP contribution in [-0.4, -0.2) is 60.4 Å². The molecule has 2 heterocycles. The summed E-state index contributed by atoms with van der Waals surface area (Å²) in [6, 6.07) is 3.15. The van der Waals surface area contributed by atoms with E-state index >= 15 is 0 Å². The zero-order valence-electron chi connectivity index (χ0n) is 15.9. The highest BCUT2D eigenvalue weighted by Crippen LogP contribution is 2.17. The number of hydrogen-bond donors (Lipinski definition) is 5. The van der Waals surface area contributed by atoms with Crippen molar-refractivity contribution in [3.8, 4) is 0 Å². The van der Waals surface area contributed by atoms with Gasteiger partial charge in [0.1, 0.15) is 22.9 Å². The zero-order valence-corrected chi connectivity index (χ0v) is 16.7. The highest BCUT2D eigenvalue weighted by atomic mass is 32.2. The molecule has 10 nitrogen and oxygen atoms in total. The van der Waals surface area contributed by atoms with Gasteiger partial charge in [0.2, 0.25) is 0 Å². The Morgan fingerprint density at radius 1 is 1.17 bits per heavy atom. The Labute approximate surface area is 171 Å². The molecule has 1 aliphatic heterocycles. The number of carbonyl (C=O) groups is 2. The molecule has 2 amide bonds. The van der Waals surface area contributed by atoms with Gasteiger partial charge in [-0.3, -0.25) is 19.2 Å². The summed E-state index contributed by atoms with van der Waals surface area (Å²) in [7, 11) is -3.67. The van der Waals surface area contributed by atoms with Crippen LogP contribution < -0.4 is 16.0 Å². The van der Waals surface area contributed by atoms with E-state index in [1.165, 1.54) is 6.20 Å². The van der Waals surface area contributed by atoms with E-state index < -0.39 is 39.1 Å². The van der Waals surface area contributed by atoms with Gasteiger partial charge in [0.25, 0.3) is 21.9 Å². The minimum Gasteiger partial charge on any atom is -0.348 e. The van der Waals surface area contributed by atoms with Gasteiger partial charge in [-0.05, 0) is 38.1 Å². The molecule has 30 heavy (non-hydrogen) atoms. The Hall–Kier alpha value is -2.90. The lowest BCUT2D eigenvalue weighted by molar-refractivity contribution is 0.0925.